The number of ketones is 1. The number of nitrogens with zero attached hydrogens (tertiary/aromatic N) is 3. The van der Waals surface area contributed by atoms with Crippen molar-refractivity contribution in [2.45, 2.75) is 39.5 Å². The second-order valence-corrected chi connectivity index (χ2v) is 8.85. The Morgan fingerprint density at radius 2 is 1.85 bits per heavy atom. The minimum absolute atomic E-state index is 0.0204. The minimum atomic E-state index is -0.0511. The number of carbonyl (C=O) groups excluding carboxylic acids is 1. The lowest BCUT2D eigenvalue weighted by atomic mass is 9.69. The van der Waals surface area contributed by atoms with E-state index in [0.717, 1.165) is 46.0 Å². The summed E-state index contributed by atoms with van der Waals surface area (Å²) < 4.78 is 1.90. The Morgan fingerprint density at radius 3 is 2.48 bits per heavy atom. The first-order valence-corrected chi connectivity index (χ1v) is 9.52. The maximum Gasteiger partial charge on any atom is 0.162 e. The number of Topliss-reactive ketones (excluding diaryl/α,β-unsaturated/α-hetero) is 1. The number of allylic oxidation sites excluding steroid dienone is 2. The van der Waals surface area contributed by atoms with Gasteiger partial charge in [-0.05, 0) is 36.5 Å². The standard InChI is InChI=1S/C22H28N4O/c1-13-18-19(14-7-9-15(10-8-14)25(4)5)20-16(23-21(18)26(6)24-13)11-22(2,3)12-17(20)27/h7-10,19,23H,11-12H2,1-6H3. The molecule has 5 heteroatoms. The Bertz CT molecular complexity index is 947. The smallest absolute Gasteiger partial charge is 0.162 e. The van der Waals surface area contributed by atoms with E-state index in [0.29, 0.717) is 6.42 Å². The van der Waals surface area contributed by atoms with Gasteiger partial charge in [0.25, 0.3) is 0 Å². The van der Waals surface area contributed by atoms with Crippen LogP contribution < -0.4 is 10.2 Å². The van der Waals surface area contributed by atoms with E-state index < -0.39 is 0 Å². The van der Waals surface area contributed by atoms with E-state index in [-0.39, 0.29) is 17.1 Å². The molecule has 1 unspecified atom stereocenters. The molecule has 4 rings (SSSR count). The molecular weight excluding hydrogens is 336 g/mol. The Morgan fingerprint density at radius 1 is 1.19 bits per heavy atom. The van der Waals surface area contributed by atoms with Crippen LogP contribution in [0.1, 0.15) is 49.4 Å². The number of rotatable bonds is 2. The zero-order chi connectivity index (χ0) is 19.5. The van der Waals surface area contributed by atoms with Crippen molar-refractivity contribution in [1.82, 2.24) is 9.78 Å². The van der Waals surface area contributed by atoms with Gasteiger partial charge >= 0.3 is 0 Å². The number of nitrogens with one attached hydrogen (secondary N) is 1. The van der Waals surface area contributed by atoms with E-state index in [4.69, 9.17) is 0 Å². The third kappa shape index (κ3) is 2.85. The van der Waals surface area contributed by atoms with E-state index in [2.05, 4.69) is 53.4 Å². The summed E-state index contributed by atoms with van der Waals surface area (Å²) in [7, 11) is 6.04. The molecule has 1 aliphatic carbocycles. The van der Waals surface area contributed by atoms with Crippen molar-refractivity contribution in [1.29, 1.82) is 0 Å². The van der Waals surface area contributed by atoms with Crippen LogP contribution in [0.2, 0.25) is 0 Å². The van der Waals surface area contributed by atoms with Crippen molar-refractivity contribution in [3.63, 3.8) is 0 Å². The van der Waals surface area contributed by atoms with E-state index in [9.17, 15) is 4.79 Å². The number of benzene rings is 1. The van der Waals surface area contributed by atoms with Gasteiger partial charge in [-0.25, -0.2) is 0 Å². The maximum atomic E-state index is 13.2. The summed E-state index contributed by atoms with van der Waals surface area (Å²) in [5.74, 6) is 1.22. The van der Waals surface area contributed by atoms with Crippen LogP contribution >= 0.6 is 0 Å². The Balaban J connectivity index is 1.91. The highest BCUT2D eigenvalue weighted by Gasteiger charge is 2.42. The Labute approximate surface area is 161 Å². The number of carbonyl (C=O) groups is 1. The third-order valence-electron chi connectivity index (χ3n) is 5.78. The molecule has 0 radical (unpaired) electrons. The van der Waals surface area contributed by atoms with Gasteiger partial charge in [0.1, 0.15) is 5.82 Å². The number of hydrogen-bond donors (Lipinski definition) is 1. The molecule has 1 aliphatic heterocycles. The predicted octanol–water partition coefficient (Wildman–Crippen LogP) is 4.00. The molecule has 0 saturated heterocycles. The molecule has 1 N–H and O–H groups in total. The zero-order valence-corrected chi connectivity index (χ0v) is 17.1. The highest BCUT2D eigenvalue weighted by molar-refractivity contribution is 6.01. The molecule has 27 heavy (non-hydrogen) atoms. The summed E-state index contributed by atoms with van der Waals surface area (Å²) in [4.78, 5) is 15.3. The van der Waals surface area contributed by atoms with Crippen LogP contribution in [0.25, 0.3) is 0 Å². The first kappa shape index (κ1) is 17.8. The van der Waals surface area contributed by atoms with Crippen LogP contribution in [0.3, 0.4) is 0 Å². The molecule has 142 valence electrons. The van der Waals surface area contributed by atoms with Crippen LogP contribution in [0, 0.1) is 12.3 Å². The molecule has 0 amide bonds. The predicted molar refractivity (Wildman–Crippen MR) is 109 cm³/mol. The first-order chi connectivity index (χ1) is 12.7. The van der Waals surface area contributed by atoms with Gasteiger partial charge in [-0.1, -0.05) is 26.0 Å². The molecule has 1 aromatic carbocycles. The van der Waals surface area contributed by atoms with Gasteiger partial charge in [-0.15, -0.1) is 0 Å². The highest BCUT2D eigenvalue weighted by atomic mass is 16.1. The molecule has 5 nitrogen and oxygen atoms in total. The van der Waals surface area contributed by atoms with E-state index in [1.165, 1.54) is 0 Å². The van der Waals surface area contributed by atoms with E-state index in [1.807, 2.05) is 32.7 Å². The average Bonchev–Trinajstić information content (AvgIpc) is 2.86. The van der Waals surface area contributed by atoms with Crippen LogP contribution in [0.5, 0.6) is 0 Å². The molecule has 2 aliphatic rings. The summed E-state index contributed by atoms with van der Waals surface area (Å²) in [6.07, 6.45) is 1.47. The van der Waals surface area contributed by atoms with Crippen molar-refractivity contribution in [3.8, 4) is 0 Å². The summed E-state index contributed by atoms with van der Waals surface area (Å²) in [5.41, 5.74) is 6.38. The average molecular weight is 364 g/mol. The number of hydrogen-bond acceptors (Lipinski definition) is 4. The number of aryl methyl sites for hydroxylation is 2. The van der Waals surface area contributed by atoms with Gasteiger partial charge in [0.15, 0.2) is 5.78 Å². The van der Waals surface area contributed by atoms with Crippen molar-refractivity contribution in [2.75, 3.05) is 24.3 Å². The molecular formula is C22H28N4O. The number of anilines is 2. The molecule has 0 spiro atoms. The fourth-order valence-electron chi connectivity index (χ4n) is 4.54. The number of fused-ring (bicyclic) bond motifs is 1. The summed E-state index contributed by atoms with van der Waals surface area (Å²) in [6, 6.07) is 8.55. The monoisotopic (exact) mass is 364 g/mol. The SMILES string of the molecule is Cc1nn(C)c2c1C(c1ccc(N(C)C)cc1)C1=C(CC(C)(C)CC1=O)N2. The minimum Gasteiger partial charge on any atom is -0.378 e. The van der Waals surface area contributed by atoms with Gasteiger partial charge in [-0.3, -0.25) is 9.48 Å². The van der Waals surface area contributed by atoms with Gasteiger partial charge in [-0.2, -0.15) is 5.10 Å². The highest BCUT2D eigenvalue weighted by Crippen LogP contribution is 2.49. The molecule has 0 fully saturated rings. The van der Waals surface area contributed by atoms with Crippen molar-refractivity contribution in [2.24, 2.45) is 12.5 Å². The van der Waals surface area contributed by atoms with Gasteiger partial charge in [0.05, 0.1) is 5.69 Å². The van der Waals surface area contributed by atoms with Crippen LogP contribution in [0.15, 0.2) is 35.5 Å². The Kier molecular flexibility index (Phi) is 3.95. The summed E-state index contributed by atoms with van der Waals surface area (Å²) in [5, 5.41) is 8.20. The fourth-order valence-corrected chi connectivity index (χ4v) is 4.54. The third-order valence-corrected chi connectivity index (χ3v) is 5.78. The molecule has 2 heterocycles. The van der Waals surface area contributed by atoms with Crippen LogP contribution in [-0.2, 0) is 11.8 Å². The van der Waals surface area contributed by atoms with Crippen molar-refractivity contribution >= 4 is 17.3 Å². The second-order valence-electron chi connectivity index (χ2n) is 8.85. The van der Waals surface area contributed by atoms with Gasteiger partial charge < -0.3 is 10.2 Å². The largest absolute Gasteiger partial charge is 0.378 e. The topological polar surface area (TPSA) is 50.2 Å². The lowest BCUT2D eigenvalue weighted by Crippen LogP contribution is -2.34. The van der Waals surface area contributed by atoms with E-state index in [1.54, 1.807) is 0 Å². The summed E-state index contributed by atoms with van der Waals surface area (Å²) in [6.45, 7) is 6.37. The summed E-state index contributed by atoms with van der Waals surface area (Å²) >= 11 is 0. The number of aromatic nitrogens is 2. The lowest BCUT2D eigenvalue weighted by molar-refractivity contribution is -0.118. The van der Waals surface area contributed by atoms with Crippen molar-refractivity contribution < 1.29 is 4.79 Å². The molecule has 0 bridgehead atoms. The van der Waals surface area contributed by atoms with Crippen molar-refractivity contribution in [3.05, 3.63) is 52.4 Å². The molecule has 2 aromatic rings. The second kappa shape index (κ2) is 5.98. The molecule has 1 atom stereocenters. The maximum absolute atomic E-state index is 13.2. The molecule has 0 saturated carbocycles. The fraction of sp³-hybridized carbons (Fsp3) is 0.455. The van der Waals surface area contributed by atoms with Gasteiger partial charge in [0, 0.05) is 56.0 Å². The van der Waals surface area contributed by atoms with Crippen LogP contribution in [-0.4, -0.2) is 29.7 Å². The zero-order valence-electron chi connectivity index (χ0n) is 17.1. The van der Waals surface area contributed by atoms with E-state index >= 15 is 0 Å². The Hall–Kier alpha value is -2.56. The van der Waals surface area contributed by atoms with Gasteiger partial charge in [0.2, 0.25) is 0 Å². The normalized spacial score (nSPS) is 20.8. The quantitative estimate of drug-likeness (QED) is 0.875. The van der Waals surface area contributed by atoms with Crippen LogP contribution in [0.4, 0.5) is 11.5 Å². The molecule has 1 aromatic heterocycles. The lowest BCUT2D eigenvalue weighted by Gasteiger charge is -2.38. The first-order valence-electron chi connectivity index (χ1n) is 9.52.